The maximum Gasteiger partial charge on any atom is 0.136 e. The number of fused-ring (bicyclic) bond motifs is 1. The standard InChI is InChI=1S/C16H10N2OS/c1-2-5-13-11(4-1)15(16-17-7-9-20-16)12(10-18-13)14-6-3-8-19-14/h1-10H. The summed E-state index contributed by atoms with van der Waals surface area (Å²) < 4.78 is 5.54. The number of furan rings is 1. The molecule has 3 aromatic heterocycles. The van der Waals surface area contributed by atoms with Crippen molar-refractivity contribution < 1.29 is 4.42 Å². The molecule has 4 heteroatoms. The van der Waals surface area contributed by atoms with Gasteiger partial charge in [0.1, 0.15) is 10.8 Å². The van der Waals surface area contributed by atoms with Gasteiger partial charge in [-0.05, 0) is 18.2 Å². The molecular formula is C16H10N2OS. The number of pyridine rings is 1. The van der Waals surface area contributed by atoms with Crippen LogP contribution in [0.2, 0.25) is 0 Å². The minimum absolute atomic E-state index is 0.813. The Morgan fingerprint density at radius 1 is 1.00 bits per heavy atom. The van der Waals surface area contributed by atoms with Crippen molar-refractivity contribution in [2.45, 2.75) is 0 Å². The Balaban J connectivity index is 2.12. The van der Waals surface area contributed by atoms with Gasteiger partial charge in [0.2, 0.25) is 0 Å². The first kappa shape index (κ1) is 11.4. The van der Waals surface area contributed by atoms with Crippen molar-refractivity contribution in [3.63, 3.8) is 0 Å². The van der Waals surface area contributed by atoms with E-state index in [0.717, 1.165) is 32.8 Å². The maximum atomic E-state index is 5.54. The molecule has 0 unspecified atom stereocenters. The molecule has 20 heavy (non-hydrogen) atoms. The number of nitrogens with zero attached hydrogens (tertiary/aromatic N) is 2. The van der Waals surface area contributed by atoms with Crippen molar-refractivity contribution in [2.24, 2.45) is 0 Å². The summed E-state index contributed by atoms with van der Waals surface area (Å²) in [6.45, 7) is 0. The molecule has 0 spiro atoms. The number of hydrogen-bond donors (Lipinski definition) is 0. The van der Waals surface area contributed by atoms with Crippen molar-refractivity contribution in [2.75, 3.05) is 0 Å². The molecule has 0 aliphatic carbocycles. The molecule has 0 fully saturated rings. The SMILES string of the molecule is c1coc(-c2cnc3ccccc3c2-c2nccs2)c1. The van der Waals surface area contributed by atoms with Crippen LogP contribution in [0.4, 0.5) is 0 Å². The zero-order valence-corrected chi connectivity index (χ0v) is 11.3. The molecule has 0 aliphatic heterocycles. The van der Waals surface area contributed by atoms with Crippen molar-refractivity contribution in [3.8, 4) is 21.9 Å². The largest absolute Gasteiger partial charge is 0.464 e. The second-order valence-corrected chi connectivity index (χ2v) is 5.27. The number of benzene rings is 1. The van der Waals surface area contributed by atoms with E-state index in [-0.39, 0.29) is 0 Å². The summed E-state index contributed by atoms with van der Waals surface area (Å²) in [6, 6.07) is 11.9. The molecule has 0 saturated carbocycles. The average Bonchev–Trinajstić information content (AvgIpc) is 3.19. The van der Waals surface area contributed by atoms with Crippen molar-refractivity contribution >= 4 is 22.2 Å². The van der Waals surface area contributed by atoms with Gasteiger partial charge in [-0.3, -0.25) is 4.98 Å². The molecule has 4 aromatic rings. The lowest BCUT2D eigenvalue weighted by Gasteiger charge is -2.08. The van der Waals surface area contributed by atoms with E-state index < -0.39 is 0 Å². The highest BCUT2D eigenvalue weighted by Crippen LogP contribution is 2.37. The molecule has 0 saturated heterocycles. The van der Waals surface area contributed by atoms with E-state index in [9.17, 15) is 0 Å². The molecule has 4 rings (SSSR count). The molecule has 0 N–H and O–H groups in total. The third-order valence-corrected chi connectivity index (χ3v) is 4.00. The summed E-state index contributed by atoms with van der Waals surface area (Å²) in [5, 5.41) is 4.06. The van der Waals surface area contributed by atoms with Crippen LogP contribution in [0.15, 0.2) is 64.9 Å². The van der Waals surface area contributed by atoms with E-state index >= 15 is 0 Å². The molecule has 96 valence electrons. The Bertz CT molecular complexity index is 851. The number of rotatable bonds is 2. The van der Waals surface area contributed by atoms with Gasteiger partial charge in [-0.2, -0.15) is 0 Å². The summed E-state index contributed by atoms with van der Waals surface area (Å²) in [4.78, 5) is 8.98. The van der Waals surface area contributed by atoms with E-state index in [1.54, 1.807) is 17.6 Å². The Kier molecular flexibility index (Phi) is 2.60. The van der Waals surface area contributed by atoms with Gasteiger partial charge in [-0.25, -0.2) is 4.98 Å². The smallest absolute Gasteiger partial charge is 0.136 e. The van der Waals surface area contributed by atoms with E-state index in [1.165, 1.54) is 0 Å². The third-order valence-electron chi connectivity index (χ3n) is 3.21. The van der Waals surface area contributed by atoms with Crippen molar-refractivity contribution in [1.29, 1.82) is 0 Å². The molecule has 3 heterocycles. The van der Waals surface area contributed by atoms with E-state index in [4.69, 9.17) is 4.42 Å². The van der Waals surface area contributed by atoms with Crippen molar-refractivity contribution in [3.05, 3.63) is 60.4 Å². The van der Waals surface area contributed by atoms with Gasteiger partial charge in [0, 0.05) is 34.3 Å². The summed E-state index contributed by atoms with van der Waals surface area (Å²) in [7, 11) is 0. The summed E-state index contributed by atoms with van der Waals surface area (Å²) in [5.74, 6) is 0.813. The first-order valence-corrected chi connectivity index (χ1v) is 7.13. The minimum Gasteiger partial charge on any atom is -0.464 e. The number of aromatic nitrogens is 2. The predicted molar refractivity (Wildman–Crippen MR) is 80.6 cm³/mol. The predicted octanol–water partition coefficient (Wildman–Crippen LogP) is 4.62. The van der Waals surface area contributed by atoms with Gasteiger partial charge in [0.05, 0.1) is 11.8 Å². The van der Waals surface area contributed by atoms with Crippen LogP contribution in [-0.4, -0.2) is 9.97 Å². The monoisotopic (exact) mass is 278 g/mol. The van der Waals surface area contributed by atoms with E-state index in [0.29, 0.717) is 0 Å². The Morgan fingerprint density at radius 2 is 1.95 bits per heavy atom. The van der Waals surface area contributed by atoms with Crippen LogP contribution in [0.25, 0.3) is 32.8 Å². The highest BCUT2D eigenvalue weighted by molar-refractivity contribution is 7.13. The molecule has 0 radical (unpaired) electrons. The van der Waals surface area contributed by atoms with Crippen LogP contribution in [0.3, 0.4) is 0 Å². The second kappa shape index (κ2) is 4.58. The Labute approximate surface area is 119 Å². The lowest BCUT2D eigenvalue weighted by molar-refractivity contribution is 0.582. The van der Waals surface area contributed by atoms with Crippen LogP contribution in [0.1, 0.15) is 0 Å². The number of para-hydroxylation sites is 1. The second-order valence-electron chi connectivity index (χ2n) is 4.38. The Hall–Kier alpha value is -2.46. The lowest BCUT2D eigenvalue weighted by Crippen LogP contribution is -1.89. The topological polar surface area (TPSA) is 38.9 Å². The summed E-state index contributed by atoms with van der Waals surface area (Å²) in [5.41, 5.74) is 3.03. The molecule has 1 aromatic carbocycles. The van der Waals surface area contributed by atoms with Gasteiger partial charge < -0.3 is 4.42 Å². The van der Waals surface area contributed by atoms with Crippen LogP contribution in [0, 0.1) is 0 Å². The van der Waals surface area contributed by atoms with Crippen LogP contribution in [0.5, 0.6) is 0 Å². The molecule has 0 bridgehead atoms. The fourth-order valence-electron chi connectivity index (χ4n) is 2.34. The summed E-state index contributed by atoms with van der Waals surface area (Å²) in [6.07, 6.45) is 5.36. The van der Waals surface area contributed by atoms with E-state index in [2.05, 4.69) is 16.0 Å². The fourth-order valence-corrected chi connectivity index (χ4v) is 3.05. The van der Waals surface area contributed by atoms with Crippen LogP contribution >= 0.6 is 11.3 Å². The zero-order chi connectivity index (χ0) is 13.4. The summed E-state index contributed by atoms with van der Waals surface area (Å²) >= 11 is 1.62. The van der Waals surface area contributed by atoms with E-state index in [1.807, 2.05) is 48.1 Å². The van der Waals surface area contributed by atoms with Crippen LogP contribution < -0.4 is 0 Å². The maximum absolute atomic E-state index is 5.54. The van der Waals surface area contributed by atoms with Gasteiger partial charge in [0.25, 0.3) is 0 Å². The molecular weight excluding hydrogens is 268 g/mol. The molecule has 0 atom stereocenters. The molecule has 0 amide bonds. The number of hydrogen-bond acceptors (Lipinski definition) is 4. The van der Waals surface area contributed by atoms with Crippen molar-refractivity contribution in [1.82, 2.24) is 9.97 Å². The van der Waals surface area contributed by atoms with Gasteiger partial charge in [-0.1, -0.05) is 18.2 Å². The Morgan fingerprint density at radius 3 is 2.75 bits per heavy atom. The van der Waals surface area contributed by atoms with Gasteiger partial charge in [0.15, 0.2) is 0 Å². The quantitative estimate of drug-likeness (QED) is 0.537. The lowest BCUT2D eigenvalue weighted by atomic mass is 10.0. The fraction of sp³-hybridized carbons (Fsp3) is 0. The first-order chi connectivity index (χ1) is 9.93. The van der Waals surface area contributed by atoms with Gasteiger partial charge in [-0.15, -0.1) is 11.3 Å². The average molecular weight is 278 g/mol. The molecule has 3 nitrogen and oxygen atoms in total. The zero-order valence-electron chi connectivity index (χ0n) is 10.5. The first-order valence-electron chi connectivity index (χ1n) is 6.25. The van der Waals surface area contributed by atoms with Gasteiger partial charge >= 0.3 is 0 Å². The minimum atomic E-state index is 0.813. The molecule has 0 aliphatic rings. The highest BCUT2D eigenvalue weighted by atomic mass is 32.1. The normalized spacial score (nSPS) is 11.0. The third kappa shape index (κ3) is 1.73. The van der Waals surface area contributed by atoms with Crippen LogP contribution in [-0.2, 0) is 0 Å². The highest BCUT2D eigenvalue weighted by Gasteiger charge is 2.15. The number of thiazole rings is 1.